The lowest BCUT2D eigenvalue weighted by Crippen LogP contribution is -2.37. The van der Waals surface area contributed by atoms with Crippen LogP contribution in [0.2, 0.25) is 0 Å². The number of methoxy groups -OCH3 is 1. The maximum absolute atomic E-state index is 5.66. The summed E-state index contributed by atoms with van der Waals surface area (Å²) >= 11 is 0. The number of benzene rings is 1. The van der Waals surface area contributed by atoms with Crippen molar-refractivity contribution < 1.29 is 4.74 Å². The van der Waals surface area contributed by atoms with Crippen molar-refractivity contribution in [1.82, 2.24) is 29.4 Å². The van der Waals surface area contributed by atoms with E-state index >= 15 is 0 Å². The van der Waals surface area contributed by atoms with Crippen molar-refractivity contribution >= 4 is 0 Å². The van der Waals surface area contributed by atoms with Crippen molar-refractivity contribution in [3.8, 4) is 22.7 Å². The number of aromatic nitrogens is 5. The standard InChI is InChI=1S/C24H28N6O/c1-17-13-29(16-25-17)23-11-9-19(12-24(23)31-3)21-15-30(27-26-21)20-10-8-18-6-4-5-7-22(18)28(2)14-20/h4-7,9,11-13,15-16,18,20,22H,8,10,14H2,1-3H3. The Bertz CT molecular complexity index is 1130. The van der Waals surface area contributed by atoms with Gasteiger partial charge in [0.25, 0.3) is 0 Å². The molecule has 1 saturated heterocycles. The topological polar surface area (TPSA) is 61.0 Å². The molecule has 2 aliphatic rings. The van der Waals surface area contributed by atoms with Gasteiger partial charge in [0.05, 0.1) is 37.1 Å². The Hall–Kier alpha value is -3.19. The number of imidazole rings is 1. The van der Waals surface area contributed by atoms with Crippen LogP contribution in [0.15, 0.2) is 61.2 Å². The van der Waals surface area contributed by atoms with E-state index in [-0.39, 0.29) is 0 Å². The number of hydrogen-bond acceptors (Lipinski definition) is 5. The zero-order valence-electron chi connectivity index (χ0n) is 18.2. The first-order valence-electron chi connectivity index (χ1n) is 10.8. The van der Waals surface area contributed by atoms with Gasteiger partial charge in [-0.25, -0.2) is 9.67 Å². The van der Waals surface area contributed by atoms with Crippen molar-refractivity contribution in [2.24, 2.45) is 5.92 Å². The lowest BCUT2D eigenvalue weighted by Gasteiger charge is -2.30. The first kappa shape index (κ1) is 19.8. The molecule has 7 heteroatoms. The third-order valence-corrected chi connectivity index (χ3v) is 6.41. The van der Waals surface area contributed by atoms with Crippen LogP contribution in [0.25, 0.3) is 16.9 Å². The van der Waals surface area contributed by atoms with Crippen LogP contribution in [0.5, 0.6) is 5.75 Å². The number of ether oxygens (including phenoxy) is 1. The van der Waals surface area contributed by atoms with Crippen molar-refractivity contribution in [3.05, 3.63) is 66.9 Å². The summed E-state index contributed by atoms with van der Waals surface area (Å²) in [5.74, 6) is 1.35. The average Bonchev–Trinajstić information content (AvgIpc) is 3.42. The second-order valence-electron chi connectivity index (χ2n) is 8.49. The molecule has 0 N–H and O–H groups in total. The predicted molar refractivity (Wildman–Crippen MR) is 120 cm³/mol. The van der Waals surface area contributed by atoms with Crippen molar-refractivity contribution in [3.63, 3.8) is 0 Å². The number of hydrogen-bond donors (Lipinski definition) is 0. The summed E-state index contributed by atoms with van der Waals surface area (Å²) in [6.07, 6.45) is 17.1. The van der Waals surface area contributed by atoms with Crippen LogP contribution in [-0.4, -0.2) is 56.2 Å². The molecule has 1 aliphatic carbocycles. The fourth-order valence-corrected chi connectivity index (χ4v) is 4.72. The summed E-state index contributed by atoms with van der Waals surface area (Å²) in [4.78, 5) is 6.75. The molecule has 7 nitrogen and oxygen atoms in total. The second kappa shape index (κ2) is 8.15. The van der Waals surface area contributed by atoms with Gasteiger partial charge in [-0.15, -0.1) is 5.10 Å². The molecule has 5 rings (SSSR count). The summed E-state index contributed by atoms with van der Waals surface area (Å²) in [6.45, 7) is 2.94. The minimum absolute atomic E-state index is 0.314. The molecule has 3 atom stereocenters. The fourth-order valence-electron chi connectivity index (χ4n) is 4.72. The van der Waals surface area contributed by atoms with Crippen LogP contribution in [-0.2, 0) is 0 Å². The molecule has 3 heterocycles. The van der Waals surface area contributed by atoms with E-state index in [2.05, 4.69) is 63.8 Å². The Kier molecular flexibility index (Phi) is 5.19. The SMILES string of the molecule is COc1cc(-c2cn(C3CCC4C=CC=CC4N(C)C3)nn2)ccc1-n1cnc(C)c1. The number of likely N-dealkylation sites (tertiary alicyclic amines) is 1. The Morgan fingerprint density at radius 2 is 1.97 bits per heavy atom. The summed E-state index contributed by atoms with van der Waals surface area (Å²) < 4.78 is 9.66. The molecular weight excluding hydrogens is 388 g/mol. The van der Waals surface area contributed by atoms with Gasteiger partial charge < -0.3 is 9.30 Å². The largest absolute Gasteiger partial charge is 0.495 e. The summed E-state index contributed by atoms with van der Waals surface area (Å²) in [5, 5.41) is 8.98. The van der Waals surface area contributed by atoms with Gasteiger partial charge in [0, 0.05) is 24.3 Å². The lowest BCUT2D eigenvalue weighted by molar-refractivity contribution is 0.229. The molecule has 3 aromatic rings. The minimum atomic E-state index is 0.314. The molecular formula is C24H28N6O. The van der Waals surface area contributed by atoms with E-state index < -0.39 is 0 Å². The Morgan fingerprint density at radius 3 is 2.77 bits per heavy atom. The van der Waals surface area contributed by atoms with Crippen LogP contribution < -0.4 is 4.74 Å². The van der Waals surface area contributed by atoms with Crippen LogP contribution in [0.4, 0.5) is 0 Å². The predicted octanol–water partition coefficient (Wildman–Crippen LogP) is 3.83. The number of allylic oxidation sites excluding steroid dienone is 2. The third-order valence-electron chi connectivity index (χ3n) is 6.41. The molecule has 0 bridgehead atoms. The van der Waals surface area contributed by atoms with E-state index in [4.69, 9.17) is 4.74 Å². The van der Waals surface area contributed by atoms with E-state index in [1.54, 1.807) is 13.4 Å². The first-order valence-corrected chi connectivity index (χ1v) is 10.8. The molecule has 160 valence electrons. The highest BCUT2D eigenvalue weighted by atomic mass is 16.5. The van der Waals surface area contributed by atoms with Crippen LogP contribution in [0.3, 0.4) is 0 Å². The molecule has 0 radical (unpaired) electrons. The zero-order valence-corrected chi connectivity index (χ0v) is 18.2. The Morgan fingerprint density at radius 1 is 1.10 bits per heavy atom. The normalized spacial score (nSPS) is 23.5. The molecule has 0 amide bonds. The minimum Gasteiger partial charge on any atom is -0.495 e. The highest BCUT2D eigenvalue weighted by Gasteiger charge is 2.30. The van der Waals surface area contributed by atoms with E-state index in [1.165, 1.54) is 0 Å². The van der Waals surface area contributed by atoms with Gasteiger partial charge in [-0.3, -0.25) is 4.90 Å². The molecule has 1 fully saturated rings. The summed E-state index contributed by atoms with van der Waals surface area (Å²) in [5.41, 5.74) is 3.77. The maximum atomic E-state index is 5.66. The van der Waals surface area contributed by atoms with Gasteiger partial charge in [-0.05, 0) is 44.9 Å². The van der Waals surface area contributed by atoms with Gasteiger partial charge in [-0.1, -0.05) is 35.6 Å². The van der Waals surface area contributed by atoms with Crippen molar-refractivity contribution in [2.45, 2.75) is 31.8 Å². The lowest BCUT2D eigenvalue weighted by atomic mass is 9.91. The smallest absolute Gasteiger partial charge is 0.143 e. The summed E-state index contributed by atoms with van der Waals surface area (Å²) in [6, 6.07) is 6.90. The number of nitrogens with zero attached hydrogens (tertiary/aromatic N) is 6. The molecule has 0 spiro atoms. The van der Waals surface area contributed by atoms with Crippen LogP contribution >= 0.6 is 0 Å². The first-order chi connectivity index (χ1) is 15.1. The van der Waals surface area contributed by atoms with Gasteiger partial charge >= 0.3 is 0 Å². The van der Waals surface area contributed by atoms with E-state index in [0.717, 1.165) is 47.8 Å². The third kappa shape index (κ3) is 3.81. The van der Waals surface area contributed by atoms with Gasteiger partial charge in [0.2, 0.25) is 0 Å². The second-order valence-corrected chi connectivity index (χ2v) is 8.49. The molecule has 1 aromatic carbocycles. The van der Waals surface area contributed by atoms with Gasteiger partial charge in [-0.2, -0.15) is 0 Å². The van der Waals surface area contributed by atoms with Crippen LogP contribution in [0, 0.1) is 12.8 Å². The molecule has 2 aromatic heterocycles. The zero-order chi connectivity index (χ0) is 21.4. The quantitative estimate of drug-likeness (QED) is 0.647. The number of fused-ring (bicyclic) bond motifs is 1. The number of rotatable bonds is 4. The monoisotopic (exact) mass is 416 g/mol. The molecule has 31 heavy (non-hydrogen) atoms. The molecule has 1 aliphatic heterocycles. The van der Waals surface area contributed by atoms with E-state index in [0.29, 0.717) is 18.0 Å². The Balaban J connectivity index is 1.39. The average molecular weight is 417 g/mol. The van der Waals surface area contributed by atoms with Crippen LogP contribution in [0.1, 0.15) is 24.6 Å². The van der Waals surface area contributed by atoms with Crippen molar-refractivity contribution in [1.29, 1.82) is 0 Å². The Labute approximate surface area is 182 Å². The van der Waals surface area contributed by atoms with E-state index in [1.807, 2.05) is 34.5 Å². The highest BCUT2D eigenvalue weighted by molar-refractivity contribution is 5.64. The van der Waals surface area contributed by atoms with E-state index in [9.17, 15) is 0 Å². The van der Waals surface area contributed by atoms with Gasteiger partial charge in [0.1, 0.15) is 11.4 Å². The fraction of sp³-hybridized carbons (Fsp3) is 0.375. The molecule has 3 unspecified atom stereocenters. The van der Waals surface area contributed by atoms with Crippen molar-refractivity contribution in [2.75, 3.05) is 20.7 Å². The number of aryl methyl sites for hydroxylation is 1. The maximum Gasteiger partial charge on any atom is 0.143 e. The molecule has 0 saturated carbocycles. The summed E-state index contributed by atoms with van der Waals surface area (Å²) in [7, 11) is 3.89. The highest BCUT2D eigenvalue weighted by Crippen LogP contribution is 2.32. The van der Waals surface area contributed by atoms with Gasteiger partial charge in [0.15, 0.2) is 0 Å². The number of likely N-dealkylation sites (N-methyl/N-ethyl adjacent to an activating group) is 1.